The number of aromatic nitrogens is 2. The van der Waals surface area contributed by atoms with Crippen LogP contribution in [0.2, 0.25) is 0 Å². The summed E-state index contributed by atoms with van der Waals surface area (Å²) in [6.07, 6.45) is 4.93. The van der Waals surface area contributed by atoms with E-state index in [4.69, 9.17) is 0 Å². The lowest BCUT2D eigenvalue weighted by Crippen LogP contribution is -1.95. The minimum Gasteiger partial charge on any atom is -0.241 e. The molecule has 1 heterocycles. The van der Waals surface area contributed by atoms with Gasteiger partial charge in [-0.25, -0.2) is 4.68 Å². The maximum absolute atomic E-state index is 4.44. The molecule has 21 heavy (non-hydrogen) atoms. The third-order valence-corrected chi connectivity index (χ3v) is 4.63. The largest absolute Gasteiger partial charge is 0.241 e. The minimum atomic E-state index is 0.254. The second-order valence-electron chi connectivity index (χ2n) is 4.86. The quantitative estimate of drug-likeness (QED) is 0.537. The molecule has 0 amide bonds. The summed E-state index contributed by atoms with van der Waals surface area (Å²) in [6.45, 7) is 0. The fourth-order valence-corrected chi connectivity index (χ4v) is 3.27. The summed E-state index contributed by atoms with van der Waals surface area (Å²) in [4.78, 5) is 0.254. The first kappa shape index (κ1) is 14.5. The highest BCUT2D eigenvalue weighted by Crippen LogP contribution is 2.28. The fourth-order valence-electron chi connectivity index (χ4n) is 2.21. The molecule has 3 rings (SSSR count). The van der Waals surface area contributed by atoms with Crippen molar-refractivity contribution in [2.75, 3.05) is 0 Å². The van der Waals surface area contributed by atoms with Gasteiger partial charge < -0.3 is 0 Å². The van der Waals surface area contributed by atoms with E-state index in [0.29, 0.717) is 0 Å². The molecule has 0 radical (unpaired) electrons. The highest BCUT2D eigenvalue weighted by atomic mass is 79.9. The number of para-hydroxylation sites is 1. The van der Waals surface area contributed by atoms with Crippen molar-refractivity contribution in [1.82, 2.24) is 9.78 Å². The molecule has 106 valence electrons. The van der Waals surface area contributed by atoms with Crippen LogP contribution in [-0.4, -0.2) is 9.78 Å². The highest BCUT2D eigenvalue weighted by molar-refractivity contribution is 9.10. The summed E-state index contributed by atoms with van der Waals surface area (Å²) in [5, 5.41) is 4.44. The van der Waals surface area contributed by atoms with Crippen LogP contribution in [0.15, 0.2) is 71.5 Å². The zero-order chi connectivity index (χ0) is 14.7. The Morgan fingerprint density at radius 1 is 1.05 bits per heavy atom. The van der Waals surface area contributed by atoms with Crippen molar-refractivity contribution in [3.8, 4) is 5.69 Å². The molecule has 0 saturated carbocycles. The zero-order valence-electron chi connectivity index (χ0n) is 11.3. The van der Waals surface area contributed by atoms with Gasteiger partial charge in [0.25, 0.3) is 0 Å². The Balaban J connectivity index is 1.77. The summed E-state index contributed by atoms with van der Waals surface area (Å²) in [5.74, 6) is 0. The van der Waals surface area contributed by atoms with Gasteiger partial charge >= 0.3 is 0 Å². The van der Waals surface area contributed by atoms with E-state index in [-0.39, 0.29) is 4.83 Å². The lowest BCUT2D eigenvalue weighted by atomic mass is 10.1. The van der Waals surface area contributed by atoms with Crippen LogP contribution in [-0.2, 0) is 6.42 Å². The van der Waals surface area contributed by atoms with Crippen LogP contribution in [0, 0.1) is 0 Å². The molecule has 0 aliphatic heterocycles. The molecule has 0 spiro atoms. The van der Waals surface area contributed by atoms with Crippen LogP contribution in [0.3, 0.4) is 0 Å². The fraction of sp³-hybridized carbons (Fsp3) is 0.118. The lowest BCUT2D eigenvalue weighted by molar-refractivity contribution is 0.878. The third-order valence-electron chi connectivity index (χ3n) is 3.29. The predicted octanol–water partition coefficient (Wildman–Crippen LogP) is 5.31. The van der Waals surface area contributed by atoms with Gasteiger partial charge in [-0.2, -0.15) is 5.10 Å². The van der Waals surface area contributed by atoms with Crippen molar-refractivity contribution in [2.45, 2.75) is 11.2 Å². The topological polar surface area (TPSA) is 17.8 Å². The van der Waals surface area contributed by atoms with Gasteiger partial charge in [0.2, 0.25) is 0 Å². The molecule has 4 heteroatoms. The van der Waals surface area contributed by atoms with Crippen LogP contribution in [0.5, 0.6) is 0 Å². The number of rotatable bonds is 4. The van der Waals surface area contributed by atoms with E-state index in [9.17, 15) is 0 Å². The lowest BCUT2D eigenvalue weighted by Gasteiger charge is -2.08. The minimum absolute atomic E-state index is 0.254. The van der Waals surface area contributed by atoms with E-state index in [2.05, 4.69) is 61.4 Å². The molecule has 1 aromatic heterocycles. The second kappa shape index (κ2) is 6.58. The summed E-state index contributed by atoms with van der Waals surface area (Å²) in [6, 6.07) is 18.5. The van der Waals surface area contributed by atoms with Gasteiger partial charge in [-0.05, 0) is 36.2 Å². The number of halogens is 2. The molecular weight excluding hydrogens is 392 g/mol. The first-order valence-electron chi connectivity index (χ1n) is 6.71. The molecule has 2 nitrogen and oxygen atoms in total. The average Bonchev–Trinajstić information content (AvgIpc) is 2.98. The van der Waals surface area contributed by atoms with Gasteiger partial charge in [0, 0.05) is 21.1 Å². The van der Waals surface area contributed by atoms with Gasteiger partial charge in [-0.15, -0.1) is 0 Å². The summed E-state index contributed by atoms with van der Waals surface area (Å²) in [5.41, 5.74) is 3.54. The molecule has 1 unspecified atom stereocenters. The highest BCUT2D eigenvalue weighted by Gasteiger charge is 2.11. The Labute approximate surface area is 141 Å². The zero-order valence-corrected chi connectivity index (χ0v) is 14.5. The normalized spacial score (nSPS) is 12.3. The van der Waals surface area contributed by atoms with Gasteiger partial charge in [0.15, 0.2) is 0 Å². The molecule has 0 saturated heterocycles. The molecule has 3 aromatic rings. The standard InChI is InChI=1S/C17H14Br2N2/c18-15-6-4-5-13(9-15)10-17(19)14-11-20-21(12-14)16-7-2-1-3-8-16/h1-9,11-12,17H,10H2. The SMILES string of the molecule is Brc1cccc(CC(Br)c2cnn(-c3ccccc3)c2)c1. The summed E-state index contributed by atoms with van der Waals surface area (Å²) < 4.78 is 3.02. The van der Waals surface area contributed by atoms with Crippen LogP contribution < -0.4 is 0 Å². The Hall–Kier alpha value is -1.39. The van der Waals surface area contributed by atoms with E-state index in [1.54, 1.807) is 0 Å². The summed E-state index contributed by atoms with van der Waals surface area (Å²) >= 11 is 7.28. The van der Waals surface area contributed by atoms with Crippen molar-refractivity contribution in [3.05, 3.63) is 82.6 Å². The maximum Gasteiger partial charge on any atom is 0.0645 e. The Bertz CT molecular complexity index is 722. The third kappa shape index (κ3) is 3.63. The Morgan fingerprint density at radius 3 is 2.62 bits per heavy atom. The first-order chi connectivity index (χ1) is 10.2. The molecular formula is C17H14Br2N2. The molecule has 2 aromatic carbocycles. The number of hydrogen-bond acceptors (Lipinski definition) is 1. The Kier molecular flexibility index (Phi) is 4.56. The monoisotopic (exact) mass is 404 g/mol. The van der Waals surface area contributed by atoms with E-state index in [1.165, 1.54) is 11.1 Å². The number of nitrogens with zero attached hydrogens (tertiary/aromatic N) is 2. The van der Waals surface area contributed by atoms with Crippen molar-refractivity contribution in [2.24, 2.45) is 0 Å². The van der Waals surface area contributed by atoms with Gasteiger partial charge in [0.05, 0.1) is 11.9 Å². The first-order valence-corrected chi connectivity index (χ1v) is 8.42. The van der Waals surface area contributed by atoms with Gasteiger partial charge in [-0.1, -0.05) is 62.2 Å². The van der Waals surface area contributed by atoms with E-state index < -0.39 is 0 Å². The van der Waals surface area contributed by atoms with Crippen LogP contribution in [0.1, 0.15) is 16.0 Å². The van der Waals surface area contributed by atoms with E-state index in [0.717, 1.165) is 16.6 Å². The van der Waals surface area contributed by atoms with Crippen molar-refractivity contribution >= 4 is 31.9 Å². The number of benzene rings is 2. The van der Waals surface area contributed by atoms with Crippen molar-refractivity contribution < 1.29 is 0 Å². The average molecular weight is 406 g/mol. The van der Waals surface area contributed by atoms with E-state index in [1.807, 2.05) is 47.3 Å². The Morgan fingerprint density at radius 2 is 1.86 bits per heavy atom. The van der Waals surface area contributed by atoms with Crippen molar-refractivity contribution in [3.63, 3.8) is 0 Å². The maximum atomic E-state index is 4.44. The number of hydrogen-bond donors (Lipinski definition) is 0. The second-order valence-corrected chi connectivity index (χ2v) is 6.88. The molecule has 0 aliphatic rings. The van der Waals surface area contributed by atoms with Crippen molar-refractivity contribution in [1.29, 1.82) is 0 Å². The van der Waals surface area contributed by atoms with Crippen LogP contribution in [0.4, 0.5) is 0 Å². The molecule has 0 aliphatic carbocycles. The molecule has 0 fully saturated rings. The molecule has 0 N–H and O–H groups in total. The van der Waals surface area contributed by atoms with Crippen LogP contribution >= 0.6 is 31.9 Å². The predicted molar refractivity (Wildman–Crippen MR) is 93.1 cm³/mol. The van der Waals surface area contributed by atoms with Gasteiger partial charge in [0.1, 0.15) is 0 Å². The van der Waals surface area contributed by atoms with Gasteiger partial charge in [-0.3, -0.25) is 0 Å². The number of alkyl halides is 1. The van der Waals surface area contributed by atoms with Crippen LogP contribution in [0.25, 0.3) is 5.69 Å². The molecule has 1 atom stereocenters. The summed E-state index contributed by atoms with van der Waals surface area (Å²) in [7, 11) is 0. The smallest absolute Gasteiger partial charge is 0.0645 e. The van der Waals surface area contributed by atoms with E-state index >= 15 is 0 Å². The molecule has 0 bridgehead atoms.